The molecule has 0 aromatic carbocycles. The highest BCUT2D eigenvalue weighted by atomic mass is 16.4. The van der Waals surface area contributed by atoms with Gasteiger partial charge >= 0.3 is 0 Å². The molecule has 7 heteroatoms. The third kappa shape index (κ3) is 3.33. The minimum Gasteiger partial charge on any atom is -0.445 e. The minimum absolute atomic E-state index is 0.0838. The predicted octanol–water partition coefficient (Wildman–Crippen LogP) is 1.54. The van der Waals surface area contributed by atoms with Gasteiger partial charge in [-0.1, -0.05) is 13.8 Å². The molecule has 1 amide bonds. The summed E-state index contributed by atoms with van der Waals surface area (Å²) >= 11 is 0. The van der Waals surface area contributed by atoms with Crippen LogP contribution in [-0.2, 0) is 19.4 Å². The van der Waals surface area contributed by atoms with E-state index in [-0.39, 0.29) is 11.6 Å². The molecule has 2 aromatic rings. The van der Waals surface area contributed by atoms with Crippen LogP contribution in [0.1, 0.15) is 48.1 Å². The number of nitrogens with one attached hydrogen (secondary N) is 1. The van der Waals surface area contributed by atoms with Crippen molar-refractivity contribution in [1.82, 2.24) is 19.9 Å². The molecule has 0 unspecified atom stereocenters. The van der Waals surface area contributed by atoms with E-state index < -0.39 is 5.56 Å². The second-order valence-corrected chi connectivity index (χ2v) is 6.15. The van der Waals surface area contributed by atoms with E-state index in [1.54, 1.807) is 4.90 Å². The van der Waals surface area contributed by atoms with Crippen molar-refractivity contribution in [2.45, 2.75) is 39.7 Å². The molecule has 0 saturated carbocycles. The summed E-state index contributed by atoms with van der Waals surface area (Å²) in [6, 6.07) is 0. The zero-order chi connectivity index (χ0) is 16.4. The summed E-state index contributed by atoms with van der Waals surface area (Å²) in [5.41, 5.74) is 0.233. The summed E-state index contributed by atoms with van der Waals surface area (Å²) < 4.78 is 5.78. The molecule has 0 aliphatic carbocycles. The number of aromatic nitrogens is 3. The van der Waals surface area contributed by atoms with Gasteiger partial charge in [-0.2, -0.15) is 0 Å². The SMILES string of the molecule is CC(C)CCc1nc2c(o1)CCN(C(=O)c1ncc[nH]c1=O)C2. The quantitative estimate of drug-likeness (QED) is 0.924. The molecule has 1 N–H and O–H groups in total. The molecule has 0 bridgehead atoms. The third-order valence-electron chi connectivity index (χ3n) is 3.90. The van der Waals surface area contributed by atoms with Crippen LogP contribution in [0.25, 0.3) is 0 Å². The van der Waals surface area contributed by atoms with Gasteiger partial charge in [-0.05, 0) is 12.3 Å². The van der Waals surface area contributed by atoms with Gasteiger partial charge in [0.05, 0.1) is 6.54 Å². The van der Waals surface area contributed by atoms with Crippen LogP contribution in [-0.4, -0.2) is 32.3 Å². The summed E-state index contributed by atoms with van der Waals surface area (Å²) in [6.45, 7) is 5.18. The van der Waals surface area contributed by atoms with E-state index in [9.17, 15) is 9.59 Å². The molecule has 1 aliphatic heterocycles. The second kappa shape index (κ2) is 6.36. The average Bonchev–Trinajstić information content (AvgIpc) is 2.94. The number of oxazole rings is 1. The fraction of sp³-hybridized carbons (Fsp3) is 0.500. The van der Waals surface area contributed by atoms with Gasteiger partial charge in [-0.15, -0.1) is 0 Å². The molecule has 7 nitrogen and oxygen atoms in total. The van der Waals surface area contributed by atoms with Crippen LogP contribution in [0.2, 0.25) is 0 Å². The van der Waals surface area contributed by atoms with Crippen LogP contribution >= 0.6 is 0 Å². The monoisotopic (exact) mass is 316 g/mol. The van der Waals surface area contributed by atoms with Crippen molar-refractivity contribution < 1.29 is 9.21 Å². The zero-order valence-electron chi connectivity index (χ0n) is 13.3. The van der Waals surface area contributed by atoms with E-state index >= 15 is 0 Å². The number of rotatable bonds is 4. The smallest absolute Gasteiger partial charge is 0.279 e. The fourth-order valence-corrected chi connectivity index (χ4v) is 2.60. The minimum atomic E-state index is -0.471. The summed E-state index contributed by atoms with van der Waals surface area (Å²) in [5, 5.41) is 0. The molecule has 0 spiro atoms. The number of nitrogens with zero attached hydrogens (tertiary/aromatic N) is 3. The first-order chi connectivity index (χ1) is 11.0. The summed E-state index contributed by atoms with van der Waals surface area (Å²) in [4.78, 5) is 36.6. The molecule has 0 radical (unpaired) electrons. The molecule has 2 aromatic heterocycles. The number of carbonyl (C=O) groups is 1. The number of hydrogen-bond donors (Lipinski definition) is 1. The van der Waals surface area contributed by atoms with E-state index in [1.165, 1.54) is 12.4 Å². The van der Waals surface area contributed by atoms with E-state index in [1.807, 2.05) is 0 Å². The molecule has 3 rings (SSSR count). The molecule has 1 aliphatic rings. The maximum absolute atomic E-state index is 12.4. The molecule has 0 fully saturated rings. The standard InChI is InChI=1S/C16H20N4O3/c1-10(2)3-4-13-19-11-9-20(8-5-12(11)23-13)16(22)14-15(21)18-7-6-17-14/h6-7,10H,3-5,8-9H2,1-2H3,(H,18,21). The fourth-order valence-electron chi connectivity index (χ4n) is 2.60. The van der Waals surface area contributed by atoms with Crippen molar-refractivity contribution >= 4 is 5.91 Å². The highest BCUT2D eigenvalue weighted by molar-refractivity contribution is 5.91. The maximum Gasteiger partial charge on any atom is 0.279 e. The number of H-pyrrole nitrogens is 1. The Bertz CT molecular complexity index is 763. The Morgan fingerprint density at radius 2 is 2.30 bits per heavy atom. The van der Waals surface area contributed by atoms with Gasteiger partial charge in [0.1, 0.15) is 11.5 Å². The van der Waals surface area contributed by atoms with E-state index in [0.29, 0.717) is 25.4 Å². The number of hydrogen-bond acceptors (Lipinski definition) is 5. The first kappa shape index (κ1) is 15.5. The topological polar surface area (TPSA) is 92.1 Å². The van der Waals surface area contributed by atoms with Crippen molar-refractivity contribution in [1.29, 1.82) is 0 Å². The Balaban J connectivity index is 1.74. The summed E-state index contributed by atoms with van der Waals surface area (Å²) in [5.74, 6) is 1.80. The molecular formula is C16H20N4O3. The van der Waals surface area contributed by atoms with Crippen LogP contribution < -0.4 is 5.56 Å². The summed E-state index contributed by atoms with van der Waals surface area (Å²) in [7, 11) is 0. The lowest BCUT2D eigenvalue weighted by molar-refractivity contribution is 0.0720. The number of carbonyl (C=O) groups excluding carboxylic acids is 1. The number of amides is 1. The highest BCUT2D eigenvalue weighted by Crippen LogP contribution is 2.21. The predicted molar refractivity (Wildman–Crippen MR) is 83.0 cm³/mol. The van der Waals surface area contributed by atoms with Gasteiger partial charge in [-0.3, -0.25) is 9.59 Å². The Hall–Kier alpha value is -2.44. The maximum atomic E-state index is 12.4. The van der Waals surface area contributed by atoms with Gasteiger partial charge in [0.2, 0.25) is 0 Å². The Morgan fingerprint density at radius 1 is 1.48 bits per heavy atom. The Kier molecular flexibility index (Phi) is 4.27. The van der Waals surface area contributed by atoms with Crippen molar-refractivity contribution in [3.63, 3.8) is 0 Å². The van der Waals surface area contributed by atoms with E-state index in [0.717, 1.165) is 30.2 Å². The van der Waals surface area contributed by atoms with Gasteiger partial charge < -0.3 is 14.3 Å². The van der Waals surface area contributed by atoms with Gasteiger partial charge in [0, 0.05) is 31.8 Å². The normalized spacial score (nSPS) is 14.1. The number of aromatic amines is 1. The van der Waals surface area contributed by atoms with Gasteiger partial charge in [0.25, 0.3) is 11.5 Å². The Labute approximate surface area is 133 Å². The highest BCUT2D eigenvalue weighted by Gasteiger charge is 2.27. The largest absolute Gasteiger partial charge is 0.445 e. The molecule has 0 atom stereocenters. The zero-order valence-corrected chi connectivity index (χ0v) is 13.3. The van der Waals surface area contributed by atoms with Gasteiger partial charge in [0.15, 0.2) is 11.6 Å². The lowest BCUT2D eigenvalue weighted by Crippen LogP contribution is -2.39. The van der Waals surface area contributed by atoms with Crippen molar-refractivity contribution in [2.24, 2.45) is 5.92 Å². The van der Waals surface area contributed by atoms with Crippen LogP contribution in [0, 0.1) is 5.92 Å². The molecule has 3 heterocycles. The molecular weight excluding hydrogens is 296 g/mol. The van der Waals surface area contributed by atoms with Crippen LogP contribution in [0.3, 0.4) is 0 Å². The molecule has 122 valence electrons. The lowest BCUT2D eigenvalue weighted by atomic mass is 10.1. The number of aryl methyl sites for hydroxylation is 1. The van der Waals surface area contributed by atoms with Crippen molar-refractivity contribution in [3.05, 3.63) is 45.8 Å². The first-order valence-corrected chi connectivity index (χ1v) is 7.85. The molecule has 23 heavy (non-hydrogen) atoms. The summed E-state index contributed by atoms with van der Waals surface area (Å²) in [6.07, 6.45) is 5.25. The number of fused-ring (bicyclic) bond motifs is 1. The van der Waals surface area contributed by atoms with Crippen LogP contribution in [0.15, 0.2) is 21.6 Å². The van der Waals surface area contributed by atoms with Crippen LogP contribution in [0.4, 0.5) is 0 Å². The van der Waals surface area contributed by atoms with Crippen molar-refractivity contribution in [3.8, 4) is 0 Å². The van der Waals surface area contributed by atoms with Crippen LogP contribution in [0.5, 0.6) is 0 Å². The van der Waals surface area contributed by atoms with E-state index in [4.69, 9.17) is 4.42 Å². The average molecular weight is 316 g/mol. The Morgan fingerprint density at radius 3 is 3.04 bits per heavy atom. The van der Waals surface area contributed by atoms with Crippen molar-refractivity contribution in [2.75, 3.05) is 6.54 Å². The van der Waals surface area contributed by atoms with Gasteiger partial charge in [-0.25, -0.2) is 9.97 Å². The molecule has 0 saturated heterocycles. The van der Waals surface area contributed by atoms with E-state index in [2.05, 4.69) is 28.8 Å². The lowest BCUT2D eigenvalue weighted by Gasteiger charge is -2.24. The second-order valence-electron chi connectivity index (χ2n) is 6.15. The third-order valence-corrected chi connectivity index (χ3v) is 3.90. The first-order valence-electron chi connectivity index (χ1n) is 7.85.